The number of hydrogen-bond donors (Lipinski definition) is 0. The molecule has 1 unspecified atom stereocenters. The summed E-state index contributed by atoms with van der Waals surface area (Å²) in [6.07, 6.45) is 51.5. The van der Waals surface area contributed by atoms with Gasteiger partial charge in [0.25, 0.3) is 0 Å². The molecule has 0 heterocycles. The highest BCUT2D eigenvalue weighted by molar-refractivity contribution is 5.71. The fourth-order valence-electron chi connectivity index (χ4n) is 5.29. The van der Waals surface area contributed by atoms with Gasteiger partial charge in [0.15, 0.2) is 6.10 Å². The summed E-state index contributed by atoms with van der Waals surface area (Å²) in [5.41, 5.74) is 0. The minimum Gasteiger partial charge on any atom is -0.462 e. The molecule has 0 spiro atoms. The van der Waals surface area contributed by atoms with E-state index in [2.05, 4.69) is 81.5 Å². The molecule has 0 fully saturated rings. The Hall–Kier alpha value is -3.41. The van der Waals surface area contributed by atoms with Gasteiger partial charge in [0.05, 0.1) is 0 Å². The molecule has 0 N–H and O–H groups in total. The van der Waals surface area contributed by atoms with Gasteiger partial charge in [-0.05, 0) is 83.5 Å². The van der Waals surface area contributed by atoms with Crippen molar-refractivity contribution in [3.63, 3.8) is 0 Å². The van der Waals surface area contributed by atoms with Gasteiger partial charge in [-0.3, -0.25) is 14.4 Å². The zero-order valence-corrected chi connectivity index (χ0v) is 34.0. The van der Waals surface area contributed by atoms with Gasteiger partial charge in [-0.2, -0.15) is 0 Å². The van der Waals surface area contributed by atoms with Crippen LogP contribution < -0.4 is 0 Å². The number of esters is 3. The fourth-order valence-corrected chi connectivity index (χ4v) is 5.29. The number of rotatable bonds is 36. The van der Waals surface area contributed by atoms with Gasteiger partial charge < -0.3 is 14.2 Å². The highest BCUT2D eigenvalue weighted by Gasteiger charge is 2.19. The Morgan fingerprint density at radius 2 is 0.830 bits per heavy atom. The van der Waals surface area contributed by atoms with Crippen molar-refractivity contribution in [1.82, 2.24) is 0 Å². The summed E-state index contributed by atoms with van der Waals surface area (Å²) in [7, 11) is 0. The van der Waals surface area contributed by atoms with Crippen LogP contribution in [0.15, 0.2) is 85.1 Å². The fraction of sp³-hybridized carbons (Fsp3) is 0.638. The summed E-state index contributed by atoms with van der Waals surface area (Å²) in [6, 6.07) is 0. The average Bonchev–Trinajstić information content (AvgIpc) is 3.15. The van der Waals surface area contributed by atoms with E-state index in [1.54, 1.807) is 0 Å². The van der Waals surface area contributed by atoms with Gasteiger partial charge in [-0.25, -0.2) is 0 Å². The lowest BCUT2D eigenvalue weighted by Gasteiger charge is -2.18. The van der Waals surface area contributed by atoms with Crippen LogP contribution in [0.2, 0.25) is 0 Å². The van der Waals surface area contributed by atoms with Crippen molar-refractivity contribution < 1.29 is 28.6 Å². The molecule has 0 amide bonds. The molecular formula is C47H76O6. The third-order valence-electron chi connectivity index (χ3n) is 8.46. The van der Waals surface area contributed by atoms with Crippen LogP contribution in [0.3, 0.4) is 0 Å². The third kappa shape index (κ3) is 39.6. The highest BCUT2D eigenvalue weighted by Crippen LogP contribution is 2.12. The molecule has 0 aliphatic heterocycles. The number of allylic oxidation sites excluding steroid dienone is 14. The maximum Gasteiger partial charge on any atom is 0.306 e. The number of carbonyl (C=O) groups excluding carboxylic acids is 3. The van der Waals surface area contributed by atoms with Crippen molar-refractivity contribution in [2.45, 2.75) is 181 Å². The SMILES string of the molecule is CC\C=C/C=C\C=C/C=C\CCCCCCCC(=O)OCC(COC(=O)CCCC/C=C\C/C=C\CC)OC(=O)CCCCCCC/C=C\CCCC. The largest absolute Gasteiger partial charge is 0.462 e. The van der Waals surface area contributed by atoms with Gasteiger partial charge >= 0.3 is 17.9 Å². The Balaban J connectivity index is 4.46. The lowest BCUT2D eigenvalue weighted by molar-refractivity contribution is -0.167. The van der Waals surface area contributed by atoms with Crippen molar-refractivity contribution in [3.05, 3.63) is 85.1 Å². The zero-order valence-electron chi connectivity index (χ0n) is 34.0. The normalized spacial score (nSPS) is 12.9. The molecule has 0 saturated carbocycles. The van der Waals surface area contributed by atoms with Crippen molar-refractivity contribution in [3.8, 4) is 0 Å². The smallest absolute Gasteiger partial charge is 0.306 e. The van der Waals surface area contributed by atoms with Crippen LogP contribution >= 0.6 is 0 Å². The van der Waals surface area contributed by atoms with E-state index in [-0.39, 0.29) is 31.1 Å². The second-order valence-corrected chi connectivity index (χ2v) is 13.6. The Morgan fingerprint density at radius 3 is 1.42 bits per heavy atom. The molecule has 0 radical (unpaired) electrons. The van der Waals surface area contributed by atoms with Gasteiger partial charge in [0.1, 0.15) is 13.2 Å². The molecule has 0 saturated heterocycles. The molecule has 0 bridgehead atoms. The Labute approximate surface area is 325 Å². The van der Waals surface area contributed by atoms with E-state index in [0.717, 1.165) is 109 Å². The Kier molecular flexibility index (Phi) is 38.7. The standard InChI is InChI=1S/C47H76O6/c1-4-7-10-13-16-19-21-22-23-24-26-28-31-34-37-40-46(49)52-43-44(42-51-45(48)39-36-33-30-27-18-15-12-9-6-3)53-47(50)41-38-35-32-29-25-20-17-14-11-8-5-2/h7,9-10,12-14,16-19,21-23,27,44H,4-6,8,11,15,20,24-26,28-43H2,1-3H3/b10-7-,12-9-,16-13-,17-14-,21-19-,23-22-,27-18-. The Morgan fingerprint density at radius 1 is 0.415 bits per heavy atom. The second kappa shape index (κ2) is 41.3. The minimum atomic E-state index is -0.800. The first-order valence-electron chi connectivity index (χ1n) is 21.1. The van der Waals surface area contributed by atoms with Gasteiger partial charge in [-0.1, -0.05) is 157 Å². The van der Waals surface area contributed by atoms with E-state index in [1.165, 1.54) is 25.7 Å². The maximum atomic E-state index is 12.7. The second-order valence-electron chi connectivity index (χ2n) is 13.6. The lowest BCUT2D eigenvalue weighted by atomic mass is 10.1. The van der Waals surface area contributed by atoms with Gasteiger partial charge in [0, 0.05) is 19.3 Å². The molecule has 1 atom stereocenters. The molecule has 300 valence electrons. The summed E-state index contributed by atoms with van der Waals surface area (Å²) in [5.74, 6) is -0.985. The van der Waals surface area contributed by atoms with E-state index in [0.29, 0.717) is 19.3 Å². The van der Waals surface area contributed by atoms with Crippen LogP contribution in [-0.4, -0.2) is 37.2 Å². The number of unbranched alkanes of at least 4 members (excludes halogenated alkanes) is 14. The lowest BCUT2D eigenvalue weighted by Crippen LogP contribution is -2.30. The number of carbonyl (C=O) groups is 3. The van der Waals surface area contributed by atoms with Gasteiger partial charge in [0.2, 0.25) is 0 Å². The van der Waals surface area contributed by atoms with Crippen molar-refractivity contribution in [2.24, 2.45) is 0 Å². The van der Waals surface area contributed by atoms with Crippen LogP contribution in [0.4, 0.5) is 0 Å². The monoisotopic (exact) mass is 737 g/mol. The molecule has 6 nitrogen and oxygen atoms in total. The molecule has 6 heteroatoms. The Bertz CT molecular complexity index is 1080. The average molecular weight is 737 g/mol. The first-order chi connectivity index (χ1) is 26.0. The summed E-state index contributed by atoms with van der Waals surface area (Å²) in [4.78, 5) is 37.6. The molecule has 0 aliphatic rings. The van der Waals surface area contributed by atoms with E-state index in [9.17, 15) is 14.4 Å². The summed E-state index contributed by atoms with van der Waals surface area (Å²) >= 11 is 0. The molecule has 0 aromatic rings. The molecule has 0 aromatic heterocycles. The molecular weight excluding hydrogens is 661 g/mol. The first kappa shape index (κ1) is 49.6. The van der Waals surface area contributed by atoms with Crippen molar-refractivity contribution >= 4 is 17.9 Å². The molecule has 0 rings (SSSR count). The summed E-state index contributed by atoms with van der Waals surface area (Å²) in [5, 5.41) is 0. The van der Waals surface area contributed by atoms with Crippen molar-refractivity contribution in [1.29, 1.82) is 0 Å². The summed E-state index contributed by atoms with van der Waals surface area (Å²) < 4.78 is 16.6. The predicted molar refractivity (Wildman–Crippen MR) is 224 cm³/mol. The van der Waals surface area contributed by atoms with E-state index in [4.69, 9.17) is 14.2 Å². The van der Waals surface area contributed by atoms with E-state index < -0.39 is 6.10 Å². The van der Waals surface area contributed by atoms with Crippen LogP contribution in [0, 0.1) is 0 Å². The van der Waals surface area contributed by atoms with Crippen molar-refractivity contribution in [2.75, 3.05) is 13.2 Å². The number of ether oxygens (including phenoxy) is 3. The minimum absolute atomic E-state index is 0.104. The van der Waals surface area contributed by atoms with Crippen LogP contribution in [0.25, 0.3) is 0 Å². The quantitative estimate of drug-likeness (QED) is 0.0209. The summed E-state index contributed by atoms with van der Waals surface area (Å²) in [6.45, 7) is 6.24. The van der Waals surface area contributed by atoms with Crippen LogP contribution in [0.5, 0.6) is 0 Å². The van der Waals surface area contributed by atoms with Crippen LogP contribution in [-0.2, 0) is 28.6 Å². The predicted octanol–water partition coefficient (Wildman–Crippen LogP) is 13.3. The first-order valence-corrected chi connectivity index (χ1v) is 21.1. The van der Waals surface area contributed by atoms with E-state index >= 15 is 0 Å². The van der Waals surface area contributed by atoms with Gasteiger partial charge in [-0.15, -0.1) is 0 Å². The topological polar surface area (TPSA) is 78.9 Å². The molecule has 0 aromatic carbocycles. The maximum absolute atomic E-state index is 12.7. The third-order valence-corrected chi connectivity index (χ3v) is 8.46. The zero-order chi connectivity index (χ0) is 38.7. The highest BCUT2D eigenvalue weighted by atomic mass is 16.6. The van der Waals surface area contributed by atoms with E-state index in [1.807, 2.05) is 24.3 Å². The van der Waals surface area contributed by atoms with Crippen LogP contribution in [0.1, 0.15) is 175 Å². The molecule has 0 aliphatic carbocycles. The number of hydrogen-bond acceptors (Lipinski definition) is 6. The molecule has 53 heavy (non-hydrogen) atoms.